The molecular weight excluding hydrogens is 488 g/mol. The Bertz CT molecular complexity index is 1210. The van der Waals surface area contributed by atoms with Gasteiger partial charge in [0.2, 0.25) is 10.0 Å². The van der Waals surface area contributed by atoms with Gasteiger partial charge >= 0.3 is 5.97 Å². The molecule has 9 heteroatoms. The third-order valence-corrected chi connectivity index (χ3v) is 8.12. The van der Waals surface area contributed by atoms with Gasteiger partial charge in [0.25, 0.3) is 0 Å². The summed E-state index contributed by atoms with van der Waals surface area (Å²) < 4.78 is 29.1. The third-order valence-electron chi connectivity index (χ3n) is 6.65. The highest BCUT2D eigenvalue weighted by molar-refractivity contribution is 7.89. The molecule has 1 unspecified atom stereocenters. The minimum atomic E-state index is -3.79. The molecule has 0 spiro atoms. The number of rotatable bonds is 14. The van der Waals surface area contributed by atoms with Gasteiger partial charge in [0.05, 0.1) is 5.41 Å². The normalized spacial score (nSPS) is 13.5. The average molecular weight is 531 g/mol. The molecule has 204 valence electrons. The van der Waals surface area contributed by atoms with E-state index >= 15 is 0 Å². The number of aromatic nitrogens is 1. The van der Waals surface area contributed by atoms with E-state index in [1.807, 2.05) is 45.9 Å². The first-order chi connectivity index (χ1) is 17.3. The summed E-state index contributed by atoms with van der Waals surface area (Å²) in [6.07, 6.45) is 6.45. The van der Waals surface area contributed by atoms with Crippen molar-refractivity contribution in [2.24, 2.45) is 17.1 Å². The number of hydrogen-bond acceptors (Lipinski definition) is 6. The molecular formula is C28H42N4O4S. The van der Waals surface area contributed by atoms with Crippen LogP contribution in [0.15, 0.2) is 53.5 Å². The Morgan fingerprint density at radius 1 is 1.22 bits per heavy atom. The molecule has 1 aromatic carbocycles. The number of aryl methyl sites for hydroxylation is 1. The van der Waals surface area contributed by atoms with Gasteiger partial charge in [-0.25, -0.2) is 13.1 Å². The van der Waals surface area contributed by atoms with Crippen LogP contribution in [-0.2, 0) is 27.8 Å². The van der Waals surface area contributed by atoms with Crippen LogP contribution in [0.4, 0.5) is 0 Å². The molecule has 0 fully saturated rings. The number of hydrogen-bond donors (Lipinski definition) is 4. The second-order valence-corrected chi connectivity index (χ2v) is 12.2. The number of carbonyl (C=O) groups is 1. The zero-order valence-electron chi connectivity index (χ0n) is 22.8. The van der Waals surface area contributed by atoms with E-state index in [0.717, 1.165) is 28.8 Å². The number of sulfonamides is 1. The van der Waals surface area contributed by atoms with Gasteiger partial charge in [-0.1, -0.05) is 32.0 Å². The van der Waals surface area contributed by atoms with E-state index in [0.29, 0.717) is 30.9 Å². The molecule has 0 saturated carbocycles. The molecule has 0 aliphatic rings. The molecule has 37 heavy (non-hydrogen) atoms. The van der Waals surface area contributed by atoms with Crippen LogP contribution in [0, 0.1) is 18.3 Å². The average Bonchev–Trinajstić information content (AvgIpc) is 2.82. The van der Waals surface area contributed by atoms with Gasteiger partial charge in [0, 0.05) is 37.4 Å². The van der Waals surface area contributed by atoms with Crippen molar-refractivity contribution in [3.05, 3.63) is 70.8 Å². The van der Waals surface area contributed by atoms with E-state index in [-0.39, 0.29) is 17.4 Å². The van der Waals surface area contributed by atoms with Crippen molar-refractivity contribution in [1.82, 2.24) is 15.0 Å². The minimum Gasteiger partial charge on any atom is -0.481 e. The zero-order chi connectivity index (χ0) is 27.8. The van der Waals surface area contributed by atoms with Crippen LogP contribution in [0.2, 0.25) is 0 Å². The third kappa shape index (κ3) is 8.30. The molecule has 0 bridgehead atoms. The van der Waals surface area contributed by atoms with Gasteiger partial charge in [-0.2, -0.15) is 0 Å². The predicted octanol–water partition coefficient (Wildman–Crippen LogP) is 4.45. The fraction of sp³-hybridized carbons (Fsp3) is 0.500. The first kappa shape index (κ1) is 30.3. The first-order valence-corrected chi connectivity index (χ1v) is 14.2. The number of allylic oxidation sites excluding steroid dienone is 1. The van der Waals surface area contributed by atoms with E-state index < -0.39 is 21.4 Å². The molecule has 0 aliphatic heterocycles. The molecule has 0 amide bonds. The summed E-state index contributed by atoms with van der Waals surface area (Å²) in [5.74, 6) is -0.930. The smallest absolute Gasteiger partial charge is 0.309 e. The number of benzene rings is 1. The second-order valence-electron chi connectivity index (χ2n) is 10.5. The number of carboxylic acid groups (broad SMARTS) is 1. The van der Waals surface area contributed by atoms with Crippen LogP contribution >= 0.6 is 0 Å². The maximum atomic E-state index is 13.2. The summed E-state index contributed by atoms with van der Waals surface area (Å²) in [6.45, 7) is 12.2. The lowest BCUT2D eigenvalue weighted by molar-refractivity contribution is -0.148. The van der Waals surface area contributed by atoms with Crippen molar-refractivity contribution in [2.45, 2.75) is 78.2 Å². The monoisotopic (exact) mass is 530 g/mol. The number of carboxylic acids is 1. The standard InChI is InChI=1S/C28H42N4O4S/c1-7-30-17-24(29)10-11-25(28(5,6)27(33)34)21-9-8-20(4)23(15-21)16-32-37(35,36)26-18-31-13-12-22(26)14-19(2)3/h8-9,12-13,15,17-19,25,30,32H,7,10-11,14,16,29H2,1-6H3,(H,33,34)/b24-17-. The molecule has 1 aromatic heterocycles. The molecule has 2 aromatic rings. The summed E-state index contributed by atoms with van der Waals surface area (Å²) in [5.41, 5.74) is 9.00. The lowest BCUT2D eigenvalue weighted by atomic mass is 9.72. The Labute approximate surface area is 221 Å². The van der Waals surface area contributed by atoms with Crippen molar-refractivity contribution >= 4 is 16.0 Å². The maximum absolute atomic E-state index is 13.2. The predicted molar refractivity (Wildman–Crippen MR) is 147 cm³/mol. The Morgan fingerprint density at radius 2 is 1.92 bits per heavy atom. The molecule has 0 aliphatic carbocycles. The topological polar surface area (TPSA) is 134 Å². The van der Waals surface area contributed by atoms with Crippen molar-refractivity contribution in [3.63, 3.8) is 0 Å². The lowest BCUT2D eigenvalue weighted by Gasteiger charge is -2.31. The molecule has 5 N–H and O–H groups in total. The van der Waals surface area contributed by atoms with Gasteiger partial charge in [-0.3, -0.25) is 9.78 Å². The Balaban J connectivity index is 2.35. The fourth-order valence-electron chi connectivity index (χ4n) is 4.32. The number of nitrogens with two attached hydrogens (primary N) is 1. The zero-order valence-corrected chi connectivity index (χ0v) is 23.7. The lowest BCUT2D eigenvalue weighted by Crippen LogP contribution is -2.32. The molecule has 0 saturated heterocycles. The summed E-state index contributed by atoms with van der Waals surface area (Å²) in [5, 5.41) is 13.0. The molecule has 0 radical (unpaired) electrons. The molecule has 8 nitrogen and oxygen atoms in total. The Kier molecular flexibility index (Phi) is 10.7. The highest BCUT2D eigenvalue weighted by Crippen LogP contribution is 2.40. The summed E-state index contributed by atoms with van der Waals surface area (Å²) in [7, 11) is -3.79. The summed E-state index contributed by atoms with van der Waals surface area (Å²) in [4.78, 5) is 16.4. The molecule has 2 rings (SSSR count). The van der Waals surface area contributed by atoms with Crippen molar-refractivity contribution in [3.8, 4) is 0 Å². The van der Waals surface area contributed by atoms with Crippen LogP contribution in [0.1, 0.15) is 75.6 Å². The van der Waals surface area contributed by atoms with Gasteiger partial charge < -0.3 is 16.2 Å². The van der Waals surface area contributed by atoms with Gasteiger partial charge in [-0.05, 0) is 87.1 Å². The SMILES string of the molecule is CCN/C=C(\N)CCC(c1ccc(C)c(CNS(=O)(=O)c2cnccc2CC(C)C)c1)C(C)(C)C(=O)O. The first-order valence-electron chi connectivity index (χ1n) is 12.7. The largest absolute Gasteiger partial charge is 0.481 e. The fourth-order valence-corrected chi connectivity index (χ4v) is 5.52. The van der Waals surface area contributed by atoms with E-state index in [1.54, 1.807) is 32.3 Å². The second kappa shape index (κ2) is 13.1. The van der Waals surface area contributed by atoms with E-state index in [9.17, 15) is 18.3 Å². The Morgan fingerprint density at radius 3 is 2.54 bits per heavy atom. The van der Waals surface area contributed by atoms with Crippen molar-refractivity contribution in [2.75, 3.05) is 6.54 Å². The number of nitrogens with one attached hydrogen (secondary N) is 2. The van der Waals surface area contributed by atoms with Crippen LogP contribution < -0.4 is 15.8 Å². The Hall–Kier alpha value is -2.91. The van der Waals surface area contributed by atoms with Crippen LogP contribution in [0.25, 0.3) is 0 Å². The highest BCUT2D eigenvalue weighted by Gasteiger charge is 2.37. The van der Waals surface area contributed by atoms with E-state index in [2.05, 4.69) is 15.0 Å². The van der Waals surface area contributed by atoms with Gasteiger partial charge in [0.15, 0.2) is 0 Å². The minimum absolute atomic E-state index is 0.0840. The van der Waals surface area contributed by atoms with E-state index in [4.69, 9.17) is 5.73 Å². The number of aliphatic carboxylic acids is 1. The van der Waals surface area contributed by atoms with Crippen molar-refractivity contribution in [1.29, 1.82) is 0 Å². The van der Waals surface area contributed by atoms with Crippen molar-refractivity contribution < 1.29 is 18.3 Å². The van der Waals surface area contributed by atoms with Gasteiger partial charge in [0.1, 0.15) is 4.90 Å². The van der Waals surface area contributed by atoms with E-state index in [1.165, 1.54) is 6.20 Å². The highest BCUT2D eigenvalue weighted by atomic mass is 32.2. The molecule has 1 atom stereocenters. The van der Waals surface area contributed by atoms with Crippen LogP contribution in [0.5, 0.6) is 0 Å². The summed E-state index contributed by atoms with van der Waals surface area (Å²) >= 11 is 0. The number of pyridine rings is 1. The molecule has 1 heterocycles. The number of nitrogens with zero attached hydrogens (tertiary/aromatic N) is 1. The maximum Gasteiger partial charge on any atom is 0.309 e. The van der Waals surface area contributed by atoms with Crippen LogP contribution in [-0.4, -0.2) is 31.0 Å². The van der Waals surface area contributed by atoms with Gasteiger partial charge in [-0.15, -0.1) is 0 Å². The summed E-state index contributed by atoms with van der Waals surface area (Å²) in [6, 6.07) is 7.50. The quantitative estimate of drug-likeness (QED) is 0.283. The van der Waals surface area contributed by atoms with Crippen LogP contribution in [0.3, 0.4) is 0 Å².